The van der Waals surface area contributed by atoms with Crippen LogP contribution in [0.2, 0.25) is 0 Å². The van der Waals surface area contributed by atoms with Gasteiger partial charge in [-0.05, 0) is 41.8 Å². The van der Waals surface area contributed by atoms with Gasteiger partial charge in [-0.3, -0.25) is 29.4 Å². The number of nitrogens with zero attached hydrogens (tertiary/aromatic N) is 3. The molecule has 0 aliphatic carbocycles. The van der Waals surface area contributed by atoms with Gasteiger partial charge in [-0.15, -0.1) is 0 Å². The molecule has 6 rings (SSSR count). The van der Waals surface area contributed by atoms with E-state index in [1.807, 2.05) is 72.5 Å². The number of hydrogen-bond donors (Lipinski definition) is 0. The molecule has 3 aromatic carbocycles. The quantitative estimate of drug-likeness (QED) is 0.224. The van der Waals surface area contributed by atoms with E-state index in [-0.39, 0.29) is 28.8 Å². The van der Waals surface area contributed by atoms with E-state index in [0.29, 0.717) is 0 Å². The first-order valence-corrected chi connectivity index (χ1v) is 12.1. The van der Waals surface area contributed by atoms with Crippen LogP contribution in [0.5, 0.6) is 0 Å². The number of carbonyl (C=O) groups excluding carboxylic acids is 3. The van der Waals surface area contributed by atoms with Crippen molar-refractivity contribution in [1.29, 1.82) is 0 Å². The number of hydrogen-bond acceptors (Lipinski definition) is 6. The molecule has 0 bridgehead atoms. The van der Waals surface area contributed by atoms with Gasteiger partial charge in [-0.1, -0.05) is 54.6 Å². The van der Waals surface area contributed by atoms with Crippen molar-refractivity contribution in [2.24, 2.45) is 11.8 Å². The number of rotatable bonds is 5. The summed E-state index contributed by atoms with van der Waals surface area (Å²) in [7, 11) is 0. The van der Waals surface area contributed by atoms with Crippen LogP contribution in [0.3, 0.4) is 0 Å². The summed E-state index contributed by atoms with van der Waals surface area (Å²) >= 11 is 0. The Bertz CT molecular complexity index is 1470. The number of likely N-dealkylation sites (tertiary alicyclic amines) is 1. The van der Waals surface area contributed by atoms with Gasteiger partial charge in [0, 0.05) is 23.9 Å². The van der Waals surface area contributed by atoms with E-state index in [0.717, 1.165) is 16.7 Å². The molecule has 0 radical (unpaired) electrons. The monoisotopic (exact) mass is 493 g/mol. The van der Waals surface area contributed by atoms with Crippen molar-refractivity contribution in [3.63, 3.8) is 0 Å². The van der Waals surface area contributed by atoms with E-state index in [9.17, 15) is 24.5 Å². The summed E-state index contributed by atoms with van der Waals surface area (Å²) in [6.07, 6.45) is 3.69. The van der Waals surface area contributed by atoms with Crippen LogP contribution in [0.25, 0.3) is 6.08 Å². The van der Waals surface area contributed by atoms with Crippen molar-refractivity contribution in [1.82, 2.24) is 9.80 Å². The second kappa shape index (κ2) is 8.51. The zero-order valence-electron chi connectivity index (χ0n) is 19.9. The molecule has 0 N–H and O–H groups in total. The number of nitro groups is 1. The largest absolute Gasteiger partial charge is 0.358 e. The lowest BCUT2D eigenvalue weighted by atomic mass is 9.83. The maximum atomic E-state index is 14.0. The Labute approximate surface area is 213 Å². The maximum absolute atomic E-state index is 14.0. The molecule has 2 saturated heterocycles. The van der Waals surface area contributed by atoms with Crippen LogP contribution in [0.4, 0.5) is 5.69 Å². The average molecular weight is 494 g/mol. The first-order chi connectivity index (χ1) is 17.9. The minimum Gasteiger partial charge on any atom is -0.358 e. The summed E-state index contributed by atoms with van der Waals surface area (Å²) < 4.78 is 0. The van der Waals surface area contributed by atoms with E-state index in [1.165, 1.54) is 29.2 Å². The van der Waals surface area contributed by atoms with Gasteiger partial charge < -0.3 is 4.90 Å². The first-order valence-electron chi connectivity index (χ1n) is 12.1. The standard InChI is InChI=1S/C29H23N3O5/c1-17(18-7-3-2-4-8-18)31-28(34)23-24(29(31)35)26(27(33)20-11-13-21(14-12-20)32(36)37)30-16-15-19-9-5-6-10-22(19)25(23)30/h2-17,23-26H,1H3/t17-,23-,24-,25+,26+/m1/s1. The Morgan fingerprint density at radius 1 is 0.892 bits per heavy atom. The van der Waals surface area contributed by atoms with Crippen molar-refractivity contribution in [3.05, 3.63) is 117 Å². The predicted molar refractivity (Wildman–Crippen MR) is 135 cm³/mol. The summed E-state index contributed by atoms with van der Waals surface area (Å²) in [4.78, 5) is 55.6. The van der Waals surface area contributed by atoms with E-state index in [4.69, 9.17) is 0 Å². The molecule has 3 aliphatic rings. The average Bonchev–Trinajstić information content (AvgIpc) is 3.40. The SMILES string of the molecule is C[C@H](c1ccccc1)N1C(=O)[C@@H]2[C@@H](C1=O)[C@@H]1c3ccccc3C=CN1[C@@H]2C(=O)c1ccc([N+](=O)[O-])cc1. The van der Waals surface area contributed by atoms with Crippen LogP contribution in [-0.2, 0) is 9.59 Å². The second-order valence-electron chi connectivity index (χ2n) is 9.63. The molecule has 37 heavy (non-hydrogen) atoms. The highest BCUT2D eigenvalue weighted by Crippen LogP contribution is 2.54. The highest BCUT2D eigenvalue weighted by Gasteiger charge is 2.64. The van der Waals surface area contributed by atoms with Gasteiger partial charge in [0.15, 0.2) is 5.78 Å². The van der Waals surface area contributed by atoms with Gasteiger partial charge in [-0.2, -0.15) is 0 Å². The van der Waals surface area contributed by atoms with Crippen molar-refractivity contribution in [2.75, 3.05) is 0 Å². The normalized spacial score (nSPS) is 24.5. The highest BCUT2D eigenvalue weighted by atomic mass is 16.6. The number of Topliss-reactive ketones (excluding diaryl/α,β-unsaturated/α-hetero) is 1. The lowest BCUT2D eigenvalue weighted by Gasteiger charge is -2.36. The summed E-state index contributed by atoms with van der Waals surface area (Å²) in [5, 5.41) is 11.1. The van der Waals surface area contributed by atoms with E-state index >= 15 is 0 Å². The minimum atomic E-state index is -0.912. The van der Waals surface area contributed by atoms with Gasteiger partial charge in [-0.25, -0.2) is 0 Å². The molecular formula is C29H23N3O5. The smallest absolute Gasteiger partial charge is 0.269 e. The molecule has 0 aromatic heterocycles. The Kier molecular flexibility index (Phi) is 5.26. The van der Waals surface area contributed by atoms with Crippen LogP contribution in [-0.4, -0.2) is 38.4 Å². The van der Waals surface area contributed by atoms with E-state index in [2.05, 4.69) is 0 Å². The fraction of sp³-hybridized carbons (Fsp3) is 0.207. The highest BCUT2D eigenvalue weighted by molar-refractivity contribution is 6.12. The topological polar surface area (TPSA) is 101 Å². The number of nitro benzene ring substituents is 1. The van der Waals surface area contributed by atoms with Gasteiger partial charge in [0.05, 0.1) is 28.8 Å². The van der Waals surface area contributed by atoms with Crippen LogP contribution < -0.4 is 0 Å². The van der Waals surface area contributed by atoms with E-state index < -0.39 is 34.9 Å². The number of amides is 2. The van der Waals surface area contributed by atoms with Gasteiger partial charge in [0.25, 0.3) is 5.69 Å². The molecule has 0 unspecified atom stereocenters. The Morgan fingerprint density at radius 2 is 1.54 bits per heavy atom. The van der Waals surface area contributed by atoms with Crippen LogP contribution >= 0.6 is 0 Å². The van der Waals surface area contributed by atoms with Gasteiger partial charge in [0.2, 0.25) is 11.8 Å². The molecule has 184 valence electrons. The zero-order chi connectivity index (χ0) is 25.8. The number of ketones is 1. The molecular weight excluding hydrogens is 470 g/mol. The second-order valence-corrected chi connectivity index (χ2v) is 9.63. The summed E-state index contributed by atoms with van der Waals surface area (Å²) in [6.45, 7) is 1.83. The van der Waals surface area contributed by atoms with Crippen LogP contribution in [0.1, 0.15) is 46.1 Å². The summed E-state index contributed by atoms with van der Waals surface area (Å²) in [6, 6.07) is 20.6. The van der Waals surface area contributed by atoms with Gasteiger partial charge in [0.1, 0.15) is 6.04 Å². The predicted octanol–water partition coefficient (Wildman–Crippen LogP) is 4.55. The Hall–Kier alpha value is -4.59. The number of carbonyl (C=O) groups is 3. The van der Waals surface area contributed by atoms with Crippen LogP contribution in [0.15, 0.2) is 85.1 Å². The number of non-ortho nitro benzene ring substituents is 1. The first kappa shape index (κ1) is 22.8. The number of fused-ring (bicyclic) bond motifs is 5. The maximum Gasteiger partial charge on any atom is 0.269 e. The summed E-state index contributed by atoms with van der Waals surface area (Å²) in [5.74, 6) is -2.59. The van der Waals surface area contributed by atoms with Gasteiger partial charge >= 0.3 is 0 Å². The third-order valence-corrected chi connectivity index (χ3v) is 7.80. The molecule has 3 aromatic rings. The number of benzene rings is 3. The lowest BCUT2D eigenvalue weighted by molar-refractivity contribution is -0.384. The molecule has 3 heterocycles. The van der Waals surface area contributed by atoms with Crippen molar-refractivity contribution >= 4 is 29.4 Å². The molecule has 5 atom stereocenters. The van der Waals surface area contributed by atoms with Crippen molar-refractivity contribution < 1.29 is 19.3 Å². The molecule has 2 amide bonds. The fourth-order valence-corrected chi connectivity index (χ4v) is 6.06. The lowest BCUT2D eigenvalue weighted by Crippen LogP contribution is -2.44. The molecule has 2 fully saturated rings. The molecule has 8 nitrogen and oxygen atoms in total. The molecule has 0 spiro atoms. The molecule has 3 aliphatic heterocycles. The fourth-order valence-electron chi connectivity index (χ4n) is 6.06. The third kappa shape index (κ3) is 3.40. The van der Waals surface area contributed by atoms with Crippen molar-refractivity contribution in [2.45, 2.75) is 25.0 Å². The Morgan fingerprint density at radius 3 is 2.24 bits per heavy atom. The minimum absolute atomic E-state index is 0.125. The van der Waals surface area contributed by atoms with Crippen LogP contribution in [0, 0.1) is 22.0 Å². The third-order valence-electron chi connectivity index (χ3n) is 7.80. The Balaban J connectivity index is 1.45. The van der Waals surface area contributed by atoms with Crippen molar-refractivity contribution in [3.8, 4) is 0 Å². The summed E-state index contributed by atoms with van der Waals surface area (Å²) in [5.41, 5.74) is 2.82. The molecule has 8 heteroatoms. The zero-order valence-corrected chi connectivity index (χ0v) is 19.9. The van der Waals surface area contributed by atoms with E-state index in [1.54, 1.807) is 6.20 Å². The molecule has 0 saturated carbocycles. The number of imide groups is 1.